The fourth-order valence-corrected chi connectivity index (χ4v) is 3.45. The van der Waals surface area contributed by atoms with Gasteiger partial charge in [-0.1, -0.05) is 39.1 Å². The lowest BCUT2D eigenvalue weighted by molar-refractivity contribution is 1.22. The van der Waals surface area contributed by atoms with Crippen LogP contribution in [0.1, 0.15) is 5.56 Å². The van der Waals surface area contributed by atoms with Crippen molar-refractivity contribution in [3.8, 4) is 10.7 Å². The fraction of sp³-hybridized carbons (Fsp3) is 0.0769. The largest absolute Gasteiger partial charge is 0.227 e. The molecule has 0 unspecified atom stereocenters. The Balaban J connectivity index is 2.35. The molecule has 0 aliphatic heterocycles. The number of hydrogen-bond acceptors (Lipinski definition) is 3. The molecule has 0 N–H and O–H groups in total. The molecule has 2 aromatic heterocycles. The molecule has 3 rings (SSSR count). The first-order valence-electron chi connectivity index (χ1n) is 5.43. The van der Waals surface area contributed by atoms with Crippen LogP contribution in [0.15, 0.2) is 28.1 Å². The molecule has 0 bridgehead atoms. The number of aromatic nitrogens is 2. The molecule has 0 amide bonds. The zero-order chi connectivity index (χ0) is 13.6. The maximum Gasteiger partial charge on any atom is 0.173 e. The van der Waals surface area contributed by atoms with Crippen molar-refractivity contribution >= 4 is 61.4 Å². The number of thiophene rings is 1. The minimum atomic E-state index is 0.445. The van der Waals surface area contributed by atoms with Gasteiger partial charge in [0.2, 0.25) is 0 Å². The highest BCUT2D eigenvalue weighted by molar-refractivity contribution is 9.10. The van der Waals surface area contributed by atoms with Crippen molar-refractivity contribution in [3.63, 3.8) is 0 Å². The van der Waals surface area contributed by atoms with E-state index in [-0.39, 0.29) is 0 Å². The molecular formula is C13H7BrCl2N2S. The van der Waals surface area contributed by atoms with Crippen molar-refractivity contribution < 1.29 is 0 Å². The number of halogens is 3. The zero-order valence-electron chi connectivity index (χ0n) is 9.75. The summed E-state index contributed by atoms with van der Waals surface area (Å²) in [6.45, 7) is 2.00. The molecule has 0 aliphatic carbocycles. The topological polar surface area (TPSA) is 25.8 Å². The van der Waals surface area contributed by atoms with Gasteiger partial charge in [-0.15, -0.1) is 11.3 Å². The molecule has 0 saturated heterocycles. The van der Waals surface area contributed by atoms with E-state index in [9.17, 15) is 0 Å². The molecule has 3 aromatic rings. The Morgan fingerprint density at radius 2 is 1.95 bits per heavy atom. The molecule has 0 saturated carbocycles. The van der Waals surface area contributed by atoms with Crippen LogP contribution in [0.3, 0.4) is 0 Å². The molecule has 96 valence electrons. The summed E-state index contributed by atoms with van der Waals surface area (Å²) in [5, 5.41) is 3.85. The maximum atomic E-state index is 6.25. The van der Waals surface area contributed by atoms with Crippen LogP contribution in [0, 0.1) is 6.92 Å². The number of fused-ring (bicyclic) bond motifs is 1. The molecule has 2 nitrogen and oxygen atoms in total. The van der Waals surface area contributed by atoms with E-state index < -0.39 is 0 Å². The van der Waals surface area contributed by atoms with Crippen molar-refractivity contribution in [1.29, 1.82) is 0 Å². The van der Waals surface area contributed by atoms with E-state index >= 15 is 0 Å². The molecular weight excluding hydrogens is 367 g/mol. The SMILES string of the molecule is Cc1c(Br)ccc2c(Cl)nc(-c3sccc3Cl)nc12. The third-order valence-corrected chi connectivity index (χ3v) is 5.31. The quantitative estimate of drug-likeness (QED) is 0.508. The molecule has 1 aromatic carbocycles. The number of rotatable bonds is 1. The summed E-state index contributed by atoms with van der Waals surface area (Å²) >= 11 is 17.4. The number of benzene rings is 1. The van der Waals surface area contributed by atoms with Crippen LogP contribution in [0.25, 0.3) is 21.6 Å². The highest BCUT2D eigenvalue weighted by Gasteiger charge is 2.14. The van der Waals surface area contributed by atoms with Gasteiger partial charge in [0.15, 0.2) is 5.82 Å². The Morgan fingerprint density at radius 1 is 1.16 bits per heavy atom. The minimum absolute atomic E-state index is 0.445. The van der Waals surface area contributed by atoms with Gasteiger partial charge >= 0.3 is 0 Å². The Labute approximate surface area is 132 Å². The summed E-state index contributed by atoms with van der Waals surface area (Å²) in [5.41, 5.74) is 1.88. The smallest absolute Gasteiger partial charge is 0.173 e. The minimum Gasteiger partial charge on any atom is -0.227 e. The van der Waals surface area contributed by atoms with Crippen molar-refractivity contribution in [1.82, 2.24) is 9.97 Å². The first-order valence-corrected chi connectivity index (χ1v) is 7.86. The first kappa shape index (κ1) is 13.3. The van der Waals surface area contributed by atoms with Gasteiger partial charge in [0, 0.05) is 9.86 Å². The van der Waals surface area contributed by atoms with E-state index in [1.165, 1.54) is 11.3 Å². The Bertz CT molecular complexity index is 786. The van der Waals surface area contributed by atoms with Crippen molar-refractivity contribution in [2.75, 3.05) is 0 Å². The molecule has 0 spiro atoms. The van der Waals surface area contributed by atoms with E-state index in [0.29, 0.717) is 16.0 Å². The monoisotopic (exact) mass is 372 g/mol. The summed E-state index contributed by atoms with van der Waals surface area (Å²) in [6.07, 6.45) is 0. The maximum absolute atomic E-state index is 6.25. The lowest BCUT2D eigenvalue weighted by atomic mass is 10.1. The van der Waals surface area contributed by atoms with Crippen LogP contribution in [0.5, 0.6) is 0 Å². The van der Waals surface area contributed by atoms with Crippen molar-refractivity contribution in [3.05, 3.63) is 43.8 Å². The van der Waals surface area contributed by atoms with Gasteiger partial charge < -0.3 is 0 Å². The Morgan fingerprint density at radius 3 is 2.63 bits per heavy atom. The van der Waals surface area contributed by atoms with E-state index in [0.717, 1.165) is 25.8 Å². The van der Waals surface area contributed by atoms with Gasteiger partial charge in [0.05, 0.1) is 15.4 Å². The van der Waals surface area contributed by atoms with Gasteiger partial charge in [0.1, 0.15) is 5.15 Å². The first-order chi connectivity index (χ1) is 9.08. The summed E-state index contributed by atoms with van der Waals surface area (Å²) in [5.74, 6) is 0.568. The third kappa shape index (κ3) is 2.27. The van der Waals surface area contributed by atoms with Gasteiger partial charge in [-0.2, -0.15) is 0 Å². The van der Waals surface area contributed by atoms with Gasteiger partial charge in [-0.05, 0) is 36.1 Å². The van der Waals surface area contributed by atoms with E-state index in [1.807, 2.05) is 30.5 Å². The lowest BCUT2D eigenvalue weighted by Gasteiger charge is -2.07. The van der Waals surface area contributed by atoms with E-state index in [4.69, 9.17) is 23.2 Å². The van der Waals surface area contributed by atoms with Crippen molar-refractivity contribution in [2.24, 2.45) is 0 Å². The fourth-order valence-electron chi connectivity index (χ4n) is 1.83. The number of aryl methyl sites for hydroxylation is 1. The Kier molecular flexibility index (Phi) is 3.52. The summed E-state index contributed by atoms with van der Waals surface area (Å²) in [4.78, 5) is 9.78. The average Bonchev–Trinajstić information content (AvgIpc) is 2.80. The highest BCUT2D eigenvalue weighted by Crippen LogP contribution is 2.35. The average molecular weight is 374 g/mol. The normalized spacial score (nSPS) is 11.2. The van der Waals surface area contributed by atoms with Crippen molar-refractivity contribution in [2.45, 2.75) is 6.92 Å². The molecule has 19 heavy (non-hydrogen) atoms. The summed E-state index contributed by atoms with van der Waals surface area (Å²) in [6, 6.07) is 5.69. The second kappa shape index (κ2) is 5.02. The zero-order valence-corrected chi connectivity index (χ0v) is 13.7. The second-order valence-electron chi connectivity index (χ2n) is 4.00. The summed E-state index contributed by atoms with van der Waals surface area (Å²) < 4.78 is 0.998. The molecule has 0 aliphatic rings. The lowest BCUT2D eigenvalue weighted by Crippen LogP contribution is -1.93. The van der Waals surface area contributed by atoms with E-state index in [2.05, 4.69) is 25.9 Å². The van der Waals surface area contributed by atoms with Crippen LogP contribution in [0.2, 0.25) is 10.2 Å². The van der Waals surface area contributed by atoms with Gasteiger partial charge in [-0.3, -0.25) is 0 Å². The third-order valence-electron chi connectivity index (χ3n) is 2.83. The van der Waals surface area contributed by atoms with Gasteiger partial charge in [0.25, 0.3) is 0 Å². The highest BCUT2D eigenvalue weighted by atomic mass is 79.9. The predicted molar refractivity (Wildman–Crippen MR) is 85.3 cm³/mol. The summed E-state index contributed by atoms with van der Waals surface area (Å²) in [7, 11) is 0. The molecule has 2 heterocycles. The standard InChI is InChI=1S/C13H7BrCl2N2S/c1-6-8(14)3-2-7-10(6)17-13(18-12(7)16)11-9(15)4-5-19-11/h2-5H,1H3. The van der Waals surface area contributed by atoms with Gasteiger partial charge in [-0.25, -0.2) is 9.97 Å². The van der Waals surface area contributed by atoms with Crippen LogP contribution >= 0.6 is 50.5 Å². The van der Waals surface area contributed by atoms with Crippen LogP contribution in [0.4, 0.5) is 0 Å². The predicted octanol–water partition coefficient (Wildman–Crippen LogP) is 5.74. The molecule has 0 fully saturated rings. The molecule has 0 radical (unpaired) electrons. The number of nitrogens with zero attached hydrogens (tertiary/aromatic N) is 2. The van der Waals surface area contributed by atoms with Crippen LogP contribution < -0.4 is 0 Å². The van der Waals surface area contributed by atoms with E-state index in [1.54, 1.807) is 0 Å². The van der Waals surface area contributed by atoms with Crippen LogP contribution in [-0.4, -0.2) is 9.97 Å². The Hall–Kier alpha value is -0.680. The molecule has 6 heteroatoms. The van der Waals surface area contributed by atoms with Crippen LogP contribution in [-0.2, 0) is 0 Å². The molecule has 0 atom stereocenters. The number of hydrogen-bond donors (Lipinski definition) is 0. The second-order valence-corrected chi connectivity index (χ2v) is 6.54.